The van der Waals surface area contributed by atoms with Gasteiger partial charge in [-0.05, 0) is 29.8 Å². The monoisotopic (exact) mass is 331 g/mol. The minimum Gasteiger partial charge on any atom is -0.497 e. The molecule has 7 nitrogen and oxygen atoms in total. The van der Waals surface area contributed by atoms with Crippen molar-refractivity contribution in [1.82, 2.24) is 9.96 Å². The second kappa shape index (κ2) is 7.18. The molecule has 1 amide bonds. The highest BCUT2D eigenvalue weighted by molar-refractivity contribution is 6.01. The van der Waals surface area contributed by atoms with Crippen molar-refractivity contribution in [3.05, 3.63) is 53.8 Å². The number of allylic oxidation sites excluding steroid dienone is 2. The average Bonchev–Trinajstić information content (AvgIpc) is 2.57. The van der Waals surface area contributed by atoms with Crippen LogP contribution in [0.15, 0.2) is 53.3 Å². The summed E-state index contributed by atoms with van der Waals surface area (Å²) in [6, 6.07) is 7.23. The van der Waals surface area contributed by atoms with Crippen molar-refractivity contribution in [3.8, 4) is 5.75 Å². The van der Waals surface area contributed by atoms with E-state index in [2.05, 4.69) is 5.16 Å². The molecule has 0 aromatic heterocycles. The Labute approximate surface area is 140 Å². The van der Waals surface area contributed by atoms with Crippen molar-refractivity contribution in [1.29, 1.82) is 0 Å². The van der Waals surface area contributed by atoms with Gasteiger partial charge in [0.1, 0.15) is 11.3 Å². The summed E-state index contributed by atoms with van der Waals surface area (Å²) in [7, 11) is 4.82. The summed E-state index contributed by atoms with van der Waals surface area (Å²) in [4.78, 5) is 14.0. The number of likely N-dealkylation sites (N-methyl/N-ethyl adjacent to an activating group) is 1. The van der Waals surface area contributed by atoms with Gasteiger partial charge in [-0.25, -0.2) is 5.06 Å². The van der Waals surface area contributed by atoms with Crippen LogP contribution in [0.4, 0.5) is 0 Å². The maximum Gasteiger partial charge on any atom is 0.252 e. The fourth-order valence-electron chi connectivity index (χ4n) is 2.62. The number of methoxy groups -OCH3 is 1. The van der Waals surface area contributed by atoms with Crippen LogP contribution in [0.3, 0.4) is 0 Å². The van der Waals surface area contributed by atoms with Gasteiger partial charge in [0.2, 0.25) is 0 Å². The molecular formula is C17H21N3O4. The van der Waals surface area contributed by atoms with Crippen molar-refractivity contribution in [2.45, 2.75) is 12.0 Å². The van der Waals surface area contributed by atoms with Gasteiger partial charge in [0.15, 0.2) is 0 Å². The summed E-state index contributed by atoms with van der Waals surface area (Å²) < 4.78 is 5.13. The zero-order valence-electron chi connectivity index (χ0n) is 13.9. The van der Waals surface area contributed by atoms with Gasteiger partial charge in [-0.2, -0.15) is 0 Å². The van der Waals surface area contributed by atoms with Crippen LogP contribution in [0.2, 0.25) is 0 Å². The minimum absolute atomic E-state index is 0.229. The Morgan fingerprint density at radius 1 is 1.38 bits per heavy atom. The molecule has 1 aliphatic rings. The molecule has 0 saturated heterocycles. The first-order chi connectivity index (χ1) is 11.4. The predicted molar refractivity (Wildman–Crippen MR) is 89.3 cm³/mol. The van der Waals surface area contributed by atoms with E-state index in [1.165, 1.54) is 11.1 Å². The number of hydroxylamine groups is 2. The Bertz CT molecular complexity index is 680. The lowest BCUT2D eigenvalue weighted by Crippen LogP contribution is -2.53. The fraction of sp³-hybridized carbons (Fsp3) is 0.294. The van der Waals surface area contributed by atoms with Gasteiger partial charge >= 0.3 is 0 Å². The molecule has 0 saturated carbocycles. The summed E-state index contributed by atoms with van der Waals surface area (Å²) in [6.45, 7) is 0. The summed E-state index contributed by atoms with van der Waals surface area (Å²) >= 11 is 0. The number of carbonyl (C=O) groups is 1. The van der Waals surface area contributed by atoms with Gasteiger partial charge in [-0.15, -0.1) is 0 Å². The van der Waals surface area contributed by atoms with E-state index >= 15 is 0 Å². The summed E-state index contributed by atoms with van der Waals surface area (Å²) in [5.74, 6) is 0.417. The van der Waals surface area contributed by atoms with Crippen molar-refractivity contribution in [3.63, 3.8) is 0 Å². The topological polar surface area (TPSA) is 85.6 Å². The normalized spacial score (nSPS) is 20.2. The van der Waals surface area contributed by atoms with Gasteiger partial charge in [-0.1, -0.05) is 17.3 Å². The number of hydrogen-bond acceptors (Lipinski definition) is 6. The number of nitrogens with zero attached hydrogens (tertiary/aromatic N) is 3. The summed E-state index contributed by atoms with van der Waals surface area (Å²) in [5, 5.41) is 23.5. The number of ether oxygens (including phenoxy) is 1. The van der Waals surface area contributed by atoms with Gasteiger partial charge in [-0.3, -0.25) is 10.0 Å². The number of hydrogen-bond donors (Lipinski definition) is 2. The van der Waals surface area contributed by atoms with E-state index in [4.69, 9.17) is 9.94 Å². The smallest absolute Gasteiger partial charge is 0.252 e. The lowest BCUT2D eigenvalue weighted by molar-refractivity contribution is -0.131. The first kappa shape index (κ1) is 17.6. The van der Waals surface area contributed by atoms with Crippen molar-refractivity contribution in [2.24, 2.45) is 5.16 Å². The predicted octanol–water partition coefficient (Wildman–Crippen LogP) is 1.67. The van der Waals surface area contributed by atoms with Crippen LogP contribution >= 0.6 is 0 Å². The molecule has 1 aliphatic heterocycles. The zero-order valence-corrected chi connectivity index (χ0v) is 13.9. The number of amides is 1. The quantitative estimate of drug-likeness (QED) is 0.487. The molecule has 7 heteroatoms. The van der Waals surface area contributed by atoms with E-state index < -0.39 is 5.54 Å². The molecule has 0 bridgehead atoms. The molecule has 24 heavy (non-hydrogen) atoms. The second-order valence-electron chi connectivity index (χ2n) is 5.66. The molecule has 0 fully saturated rings. The van der Waals surface area contributed by atoms with Gasteiger partial charge < -0.3 is 14.8 Å². The number of oxime groups is 1. The number of rotatable bonds is 5. The third kappa shape index (κ3) is 3.26. The molecule has 1 aromatic carbocycles. The number of carbonyl (C=O) groups excluding carboxylic acids is 1. The van der Waals surface area contributed by atoms with Gasteiger partial charge in [0.25, 0.3) is 5.91 Å². The SMILES string of the molecule is COc1ccc(CC2(C=NO)C(C(=O)N(C)C)=CC=CN2O)cc1. The van der Waals surface area contributed by atoms with Crippen molar-refractivity contribution >= 4 is 12.1 Å². The van der Waals surface area contributed by atoms with E-state index in [9.17, 15) is 10.0 Å². The lowest BCUT2D eigenvalue weighted by Gasteiger charge is -2.39. The molecule has 0 spiro atoms. The molecule has 1 unspecified atom stereocenters. The number of benzene rings is 1. The largest absolute Gasteiger partial charge is 0.497 e. The average molecular weight is 331 g/mol. The van der Waals surface area contributed by atoms with E-state index in [1.54, 1.807) is 45.5 Å². The van der Waals surface area contributed by atoms with Crippen LogP contribution in [0.25, 0.3) is 0 Å². The molecule has 128 valence electrons. The Hall–Kier alpha value is -2.80. The maximum atomic E-state index is 12.5. The van der Waals surface area contributed by atoms with Gasteiger partial charge in [0.05, 0.1) is 18.9 Å². The van der Waals surface area contributed by atoms with E-state index in [0.717, 1.165) is 16.8 Å². The summed E-state index contributed by atoms with van der Waals surface area (Å²) in [6.07, 6.45) is 5.98. The van der Waals surface area contributed by atoms with Gasteiger partial charge in [0, 0.05) is 26.7 Å². The molecular weight excluding hydrogens is 310 g/mol. The Balaban J connectivity index is 2.47. The molecule has 1 heterocycles. The van der Waals surface area contributed by atoms with Crippen molar-refractivity contribution < 1.29 is 19.9 Å². The van der Waals surface area contributed by atoms with Crippen molar-refractivity contribution in [2.75, 3.05) is 21.2 Å². The zero-order chi connectivity index (χ0) is 17.7. The standard InChI is InChI=1S/C17H21N3O4/c1-19(2)16(21)15-5-4-10-20(23)17(15,12-18-22)11-13-6-8-14(24-3)9-7-13/h4-10,12,22-23H,11H2,1-3H3. The van der Waals surface area contributed by atoms with E-state index in [1.807, 2.05) is 12.1 Å². The van der Waals surface area contributed by atoms with E-state index in [0.29, 0.717) is 11.3 Å². The summed E-state index contributed by atoms with van der Waals surface area (Å²) in [5.41, 5.74) is -0.173. The van der Waals surface area contributed by atoms with Crippen LogP contribution in [-0.2, 0) is 11.2 Å². The van der Waals surface area contributed by atoms with Crippen LogP contribution in [0, 0.1) is 0 Å². The maximum absolute atomic E-state index is 12.5. The molecule has 1 atom stereocenters. The fourth-order valence-corrected chi connectivity index (χ4v) is 2.62. The van der Waals surface area contributed by atoms with Crippen LogP contribution in [0.5, 0.6) is 5.75 Å². The Morgan fingerprint density at radius 3 is 2.58 bits per heavy atom. The molecule has 2 rings (SSSR count). The third-order valence-electron chi connectivity index (χ3n) is 3.91. The highest BCUT2D eigenvalue weighted by atomic mass is 16.5. The van der Waals surface area contributed by atoms with Crippen LogP contribution in [-0.4, -0.2) is 59.2 Å². The van der Waals surface area contributed by atoms with E-state index in [-0.39, 0.29) is 12.3 Å². The van der Waals surface area contributed by atoms with Crippen LogP contribution in [0.1, 0.15) is 5.56 Å². The highest BCUT2D eigenvalue weighted by Crippen LogP contribution is 2.31. The Kier molecular flexibility index (Phi) is 5.25. The second-order valence-corrected chi connectivity index (χ2v) is 5.66. The van der Waals surface area contributed by atoms with Crippen LogP contribution < -0.4 is 4.74 Å². The molecule has 1 aromatic rings. The third-order valence-corrected chi connectivity index (χ3v) is 3.91. The first-order valence-corrected chi connectivity index (χ1v) is 7.35. The lowest BCUT2D eigenvalue weighted by atomic mass is 9.81. The minimum atomic E-state index is -1.31. The molecule has 0 radical (unpaired) electrons. The molecule has 0 aliphatic carbocycles. The first-order valence-electron chi connectivity index (χ1n) is 7.35. The Morgan fingerprint density at radius 2 is 2.04 bits per heavy atom. The molecule has 2 N–H and O–H groups in total. The highest BCUT2D eigenvalue weighted by Gasteiger charge is 2.43.